The molecule has 0 saturated heterocycles. The van der Waals surface area contributed by atoms with Crippen molar-refractivity contribution in [2.24, 2.45) is 0 Å². The van der Waals surface area contributed by atoms with Crippen LogP contribution in [0.3, 0.4) is 0 Å². The number of aryl methyl sites for hydroxylation is 1. The highest BCUT2D eigenvalue weighted by molar-refractivity contribution is 5.26. The lowest BCUT2D eigenvalue weighted by molar-refractivity contribution is 0.421. The fourth-order valence-electron chi connectivity index (χ4n) is 1.88. The van der Waals surface area contributed by atoms with E-state index >= 15 is 0 Å². The number of nitrogens with zero attached hydrogens (tertiary/aromatic N) is 1. The molecule has 0 aliphatic carbocycles. The molecule has 0 spiro atoms. The van der Waals surface area contributed by atoms with Crippen LogP contribution in [-0.2, 0) is 0 Å². The summed E-state index contributed by atoms with van der Waals surface area (Å²) in [5.74, 6) is 1.23. The van der Waals surface area contributed by atoms with Gasteiger partial charge >= 0.3 is 0 Å². The summed E-state index contributed by atoms with van der Waals surface area (Å²) in [6.45, 7) is 4.75. The van der Waals surface area contributed by atoms with E-state index in [0.717, 1.165) is 24.5 Å². The number of rotatable bonds is 5. The lowest BCUT2D eigenvalue weighted by Crippen LogP contribution is -2.23. The average Bonchev–Trinajstić information content (AvgIpc) is 2.78. The molecule has 0 aromatic carbocycles. The second-order valence-corrected chi connectivity index (χ2v) is 4.23. The Kier molecular flexibility index (Phi) is 4.10. The van der Waals surface area contributed by atoms with Crippen molar-refractivity contribution in [1.82, 2.24) is 10.3 Å². The van der Waals surface area contributed by atoms with E-state index in [2.05, 4.69) is 17.2 Å². The highest BCUT2D eigenvalue weighted by Gasteiger charge is 2.20. The molecule has 0 radical (unpaired) electrons. The Bertz CT molecular complexity index is 510. The van der Waals surface area contributed by atoms with Crippen LogP contribution >= 0.6 is 0 Å². The minimum Gasteiger partial charge on any atom is -0.464 e. The molecule has 18 heavy (non-hydrogen) atoms. The molecule has 1 unspecified atom stereocenters. The highest BCUT2D eigenvalue weighted by Crippen LogP contribution is 2.25. The Balaban J connectivity index is 2.33. The van der Waals surface area contributed by atoms with Gasteiger partial charge in [0, 0.05) is 11.8 Å². The molecule has 0 amide bonds. The smallest absolute Gasteiger partial charge is 0.146 e. The van der Waals surface area contributed by atoms with Gasteiger partial charge in [-0.05, 0) is 38.1 Å². The predicted octanol–water partition coefficient (Wildman–Crippen LogP) is 3.21. The number of pyridine rings is 1. The molecule has 0 saturated carbocycles. The van der Waals surface area contributed by atoms with Crippen LogP contribution in [0.2, 0.25) is 0 Å². The molecular weight excluding hydrogens is 231 g/mol. The summed E-state index contributed by atoms with van der Waals surface area (Å²) in [6.07, 6.45) is 3.80. The average molecular weight is 248 g/mol. The Labute approximate surface area is 106 Å². The van der Waals surface area contributed by atoms with Crippen LogP contribution in [0.15, 0.2) is 35.0 Å². The molecular formula is C14H17FN2O. The van der Waals surface area contributed by atoms with Crippen LogP contribution in [0.25, 0.3) is 0 Å². The third-order valence-corrected chi connectivity index (χ3v) is 2.76. The second-order valence-electron chi connectivity index (χ2n) is 4.23. The standard InChI is InChI=1S/C14H17FN2O/c1-3-7-17-14(13-5-4-10(2)18-13)11-6-8-16-9-12(11)15/h4-6,8-9,14,17H,3,7H2,1-2H3. The third-order valence-electron chi connectivity index (χ3n) is 2.76. The number of nitrogens with one attached hydrogen (secondary N) is 1. The fourth-order valence-corrected chi connectivity index (χ4v) is 1.88. The van der Waals surface area contributed by atoms with Gasteiger partial charge in [0.25, 0.3) is 0 Å². The minimum atomic E-state index is -0.319. The van der Waals surface area contributed by atoms with Gasteiger partial charge in [-0.25, -0.2) is 4.39 Å². The van der Waals surface area contributed by atoms with Crippen molar-refractivity contribution in [3.63, 3.8) is 0 Å². The first-order chi connectivity index (χ1) is 8.72. The molecule has 1 N–H and O–H groups in total. The Morgan fingerprint density at radius 1 is 1.39 bits per heavy atom. The molecule has 0 aliphatic heterocycles. The van der Waals surface area contributed by atoms with Crippen LogP contribution in [-0.4, -0.2) is 11.5 Å². The summed E-state index contributed by atoms with van der Waals surface area (Å²) < 4.78 is 19.4. The molecule has 3 nitrogen and oxygen atoms in total. The highest BCUT2D eigenvalue weighted by atomic mass is 19.1. The van der Waals surface area contributed by atoms with E-state index in [1.165, 1.54) is 6.20 Å². The molecule has 0 fully saturated rings. The zero-order valence-electron chi connectivity index (χ0n) is 10.6. The number of hydrogen-bond acceptors (Lipinski definition) is 3. The topological polar surface area (TPSA) is 38.1 Å². The summed E-state index contributed by atoms with van der Waals surface area (Å²) in [4.78, 5) is 3.77. The van der Waals surface area contributed by atoms with Gasteiger partial charge in [0.1, 0.15) is 17.3 Å². The number of aromatic nitrogens is 1. The monoisotopic (exact) mass is 248 g/mol. The molecule has 0 bridgehead atoms. The number of hydrogen-bond donors (Lipinski definition) is 1. The second kappa shape index (κ2) is 5.78. The molecule has 0 aliphatic rings. The van der Waals surface area contributed by atoms with Gasteiger partial charge in [0.15, 0.2) is 0 Å². The third kappa shape index (κ3) is 2.76. The van der Waals surface area contributed by atoms with Gasteiger partial charge in [0.2, 0.25) is 0 Å². The molecule has 2 aromatic rings. The van der Waals surface area contributed by atoms with E-state index in [4.69, 9.17) is 4.42 Å². The van der Waals surface area contributed by atoms with Crippen LogP contribution in [0.1, 0.15) is 36.5 Å². The van der Waals surface area contributed by atoms with Gasteiger partial charge < -0.3 is 9.73 Å². The summed E-state index contributed by atoms with van der Waals surface area (Å²) in [7, 11) is 0. The minimum absolute atomic E-state index is 0.262. The van der Waals surface area contributed by atoms with E-state index < -0.39 is 0 Å². The van der Waals surface area contributed by atoms with E-state index in [1.807, 2.05) is 19.1 Å². The van der Waals surface area contributed by atoms with E-state index in [9.17, 15) is 4.39 Å². The molecule has 2 heterocycles. The zero-order chi connectivity index (χ0) is 13.0. The van der Waals surface area contributed by atoms with Gasteiger partial charge in [0.05, 0.1) is 12.2 Å². The van der Waals surface area contributed by atoms with Gasteiger partial charge in [-0.2, -0.15) is 0 Å². The van der Waals surface area contributed by atoms with Crippen molar-refractivity contribution >= 4 is 0 Å². The van der Waals surface area contributed by atoms with Crippen LogP contribution in [0, 0.1) is 12.7 Å². The molecule has 4 heteroatoms. The molecule has 1 atom stereocenters. The Morgan fingerprint density at radius 2 is 2.22 bits per heavy atom. The van der Waals surface area contributed by atoms with E-state index in [0.29, 0.717) is 5.56 Å². The van der Waals surface area contributed by atoms with E-state index in [1.54, 1.807) is 12.3 Å². The normalized spacial score (nSPS) is 12.6. The largest absolute Gasteiger partial charge is 0.464 e. The van der Waals surface area contributed by atoms with Crippen LogP contribution < -0.4 is 5.32 Å². The van der Waals surface area contributed by atoms with Gasteiger partial charge in [-0.15, -0.1) is 0 Å². The number of halogens is 1. The molecule has 2 rings (SSSR count). The fraction of sp³-hybridized carbons (Fsp3) is 0.357. The summed E-state index contributed by atoms with van der Waals surface area (Å²) in [5.41, 5.74) is 0.563. The van der Waals surface area contributed by atoms with Crippen molar-refractivity contribution in [3.8, 4) is 0 Å². The lowest BCUT2D eigenvalue weighted by Gasteiger charge is -2.17. The predicted molar refractivity (Wildman–Crippen MR) is 67.8 cm³/mol. The first kappa shape index (κ1) is 12.8. The molecule has 96 valence electrons. The van der Waals surface area contributed by atoms with Crippen molar-refractivity contribution in [2.45, 2.75) is 26.3 Å². The van der Waals surface area contributed by atoms with E-state index in [-0.39, 0.29) is 11.9 Å². The Hall–Kier alpha value is -1.68. The Morgan fingerprint density at radius 3 is 2.83 bits per heavy atom. The first-order valence-corrected chi connectivity index (χ1v) is 6.11. The molecule has 2 aromatic heterocycles. The zero-order valence-corrected chi connectivity index (χ0v) is 10.6. The van der Waals surface area contributed by atoms with Crippen molar-refractivity contribution in [3.05, 3.63) is 53.5 Å². The summed E-state index contributed by atoms with van der Waals surface area (Å²) in [5, 5.41) is 3.29. The lowest BCUT2D eigenvalue weighted by atomic mass is 10.1. The number of furan rings is 1. The maximum Gasteiger partial charge on any atom is 0.146 e. The maximum absolute atomic E-state index is 13.8. The van der Waals surface area contributed by atoms with Crippen LogP contribution in [0.5, 0.6) is 0 Å². The van der Waals surface area contributed by atoms with Crippen molar-refractivity contribution in [1.29, 1.82) is 0 Å². The summed E-state index contributed by atoms with van der Waals surface area (Å²) >= 11 is 0. The summed E-state index contributed by atoms with van der Waals surface area (Å²) in [6, 6.07) is 5.18. The SMILES string of the molecule is CCCNC(c1ccc(C)o1)c1ccncc1F. The quantitative estimate of drug-likeness (QED) is 0.883. The maximum atomic E-state index is 13.8. The first-order valence-electron chi connectivity index (χ1n) is 6.11. The van der Waals surface area contributed by atoms with Crippen molar-refractivity contribution < 1.29 is 8.81 Å². The van der Waals surface area contributed by atoms with Crippen molar-refractivity contribution in [2.75, 3.05) is 6.54 Å². The van der Waals surface area contributed by atoms with Gasteiger partial charge in [-0.1, -0.05) is 6.92 Å². The van der Waals surface area contributed by atoms with Crippen LogP contribution in [0.4, 0.5) is 4.39 Å². The van der Waals surface area contributed by atoms with Gasteiger partial charge in [-0.3, -0.25) is 4.98 Å².